The molecular formula is C12H13NO2. The molecule has 3 nitrogen and oxygen atoms in total. The zero-order valence-electron chi connectivity index (χ0n) is 8.77. The Kier molecular flexibility index (Phi) is 2.56. The van der Waals surface area contributed by atoms with E-state index in [1.165, 1.54) is 0 Å². The van der Waals surface area contributed by atoms with Gasteiger partial charge < -0.3 is 9.52 Å². The fourth-order valence-corrected chi connectivity index (χ4v) is 1.53. The van der Waals surface area contributed by atoms with Crippen molar-refractivity contribution in [2.75, 3.05) is 0 Å². The van der Waals surface area contributed by atoms with E-state index in [1.807, 2.05) is 26.0 Å². The van der Waals surface area contributed by atoms with Crippen molar-refractivity contribution in [3.05, 3.63) is 53.2 Å². The SMILES string of the molecule is Cc1cncc(C(O)c2coc(C)c2)c1. The molecule has 0 radical (unpaired) electrons. The van der Waals surface area contributed by atoms with E-state index in [-0.39, 0.29) is 0 Å². The number of hydrogen-bond donors (Lipinski definition) is 1. The van der Waals surface area contributed by atoms with Gasteiger partial charge in [0.1, 0.15) is 11.9 Å². The molecule has 2 aromatic rings. The van der Waals surface area contributed by atoms with Gasteiger partial charge in [0.25, 0.3) is 0 Å². The van der Waals surface area contributed by atoms with Crippen molar-refractivity contribution in [3.63, 3.8) is 0 Å². The molecule has 0 saturated carbocycles. The zero-order chi connectivity index (χ0) is 10.8. The Hall–Kier alpha value is -1.61. The summed E-state index contributed by atoms with van der Waals surface area (Å²) in [4.78, 5) is 4.05. The Morgan fingerprint density at radius 3 is 2.60 bits per heavy atom. The van der Waals surface area contributed by atoms with E-state index in [0.717, 1.165) is 22.5 Å². The highest BCUT2D eigenvalue weighted by Gasteiger charge is 2.12. The van der Waals surface area contributed by atoms with Crippen molar-refractivity contribution in [3.8, 4) is 0 Å². The molecule has 2 aromatic heterocycles. The number of furan rings is 1. The lowest BCUT2D eigenvalue weighted by Crippen LogP contribution is -1.99. The summed E-state index contributed by atoms with van der Waals surface area (Å²) in [5.74, 6) is 0.796. The first-order valence-electron chi connectivity index (χ1n) is 4.81. The predicted octanol–water partition coefficient (Wildman–Crippen LogP) is 2.37. The second-order valence-electron chi connectivity index (χ2n) is 3.69. The van der Waals surface area contributed by atoms with Crippen molar-refractivity contribution in [2.24, 2.45) is 0 Å². The number of aliphatic hydroxyl groups excluding tert-OH is 1. The molecule has 2 heterocycles. The molecule has 78 valence electrons. The number of aliphatic hydroxyl groups is 1. The quantitative estimate of drug-likeness (QED) is 0.815. The summed E-state index contributed by atoms with van der Waals surface area (Å²) in [5, 5.41) is 10.0. The molecule has 3 heteroatoms. The molecule has 15 heavy (non-hydrogen) atoms. The molecule has 0 fully saturated rings. The van der Waals surface area contributed by atoms with Crippen molar-refractivity contribution in [1.29, 1.82) is 0 Å². The number of nitrogens with zero attached hydrogens (tertiary/aromatic N) is 1. The molecular weight excluding hydrogens is 190 g/mol. The minimum atomic E-state index is -0.658. The highest BCUT2D eigenvalue weighted by atomic mass is 16.3. The Labute approximate surface area is 88.4 Å². The van der Waals surface area contributed by atoms with E-state index < -0.39 is 6.10 Å². The molecule has 0 aliphatic heterocycles. The van der Waals surface area contributed by atoms with Crippen LogP contribution in [-0.4, -0.2) is 10.1 Å². The van der Waals surface area contributed by atoms with E-state index in [4.69, 9.17) is 4.42 Å². The number of pyridine rings is 1. The Morgan fingerprint density at radius 1 is 1.20 bits per heavy atom. The average Bonchev–Trinajstić information content (AvgIpc) is 2.64. The molecule has 0 spiro atoms. The van der Waals surface area contributed by atoms with Gasteiger partial charge in [0.15, 0.2) is 0 Å². The molecule has 0 aliphatic rings. The van der Waals surface area contributed by atoms with Crippen molar-refractivity contribution >= 4 is 0 Å². The van der Waals surface area contributed by atoms with Crippen LogP contribution in [0.2, 0.25) is 0 Å². The maximum atomic E-state index is 10.0. The summed E-state index contributed by atoms with van der Waals surface area (Å²) < 4.78 is 5.16. The topological polar surface area (TPSA) is 46.3 Å². The number of aromatic nitrogens is 1. The Bertz CT molecular complexity index is 462. The first kappa shape index (κ1) is 9.93. The van der Waals surface area contributed by atoms with Crippen molar-refractivity contribution in [2.45, 2.75) is 20.0 Å². The molecule has 0 aliphatic carbocycles. The third-order valence-corrected chi connectivity index (χ3v) is 2.28. The highest BCUT2D eigenvalue weighted by Crippen LogP contribution is 2.23. The minimum absolute atomic E-state index is 0.658. The molecule has 0 saturated heterocycles. The van der Waals surface area contributed by atoms with Crippen LogP contribution >= 0.6 is 0 Å². The number of aryl methyl sites for hydroxylation is 2. The summed E-state index contributed by atoms with van der Waals surface area (Å²) in [5.41, 5.74) is 2.59. The average molecular weight is 203 g/mol. The molecule has 0 amide bonds. The summed E-state index contributed by atoms with van der Waals surface area (Å²) in [7, 11) is 0. The molecule has 0 bridgehead atoms. The van der Waals surface area contributed by atoms with Gasteiger partial charge >= 0.3 is 0 Å². The lowest BCUT2D eigenvalue weighted by molar-refractivity contribution is 0.218. The van der Waals surface area contributed by atoms with E-state index in [9.17, 15) is 5.11 Å². The fourth-order valence-electron chi connectivity index (χ4n) is 1.53. The fraction of sp³-hybridized carbons (Fsp3) is 0.250. The first-order chi connectivity index (χ1) is 7.16. The largest absolute Gasteiger partial charge is 0.469 e. The standard InChI is InChI=1S/C12H13NO2/c1-8-3-10(6-13-5-8)12(14)11-4-9(2)15-7-11/h3-7,12,14H,1-2H3. The van der Waals surface area contributed by atoms with Gasteiger partial charge in [-0.3, -0.25) is 4.98 Å². The minimum Gasteiger partial charge on any atom is -0.469 e. The summed E-state index contributed by atoms with van der Waals surface area (Å²) in [6.45, 7) is 3.80. The van der Waals surface area contributed by atoms with Gasteiger partial charge in [-0.05, 0) is 25.5 Å². The van der Waals surface area contributed by atoms with Gasteiger partial charge in [-0.15, -0.1) is 0 Å². The molecule has 1 atom stereocenters. The maximum Gasteiger partial charge on any atom is 0.109 e. The van der Waals surface area contributed by atoms with E-state index in [2.05, 4.69) is 4.98 Å². The number of rotatable bonds is 2. The third kappa shape index (κ3) is 2.07. The van der Waals surface area contributed by atoms with Crippen LogP contribution in [-0.2, 0) is 0 Å². The van der Waals surface area contributed by atoms with Crippen LogP contribution in [0.4, 0.5) is 0 Å². The van der Waals surface area contributed by atoms with Gasteiger partial charge in [0.05, 0.1) is 6.26 Å². The summed E-state index contributed by atoms with van der Waals surface area (Å²) >= 11 is 0. The second-order valence-corrected chi connectivity index (χ2v) is 3.69. The zero-order valence-corrected chi connectivity index (χ0v) is 8.77. The van der Waals surface area contributed by atoms with Gasteiger partial charge in [0, 0.05) is 23.5 Å². The number of hydrogen-bond acceptors (Lipinski definition) is 3. The Morgan fingerprint density at radius 2 is 2.00 bits per heavy atom. The second kappa shape index (κ2) is 3.87. The third-order valence-electron chi connectivity index (χ3n) is 2.28. The van der Waals surface area contributed by atoms with Crippen LogP contribution < -0.4 is 0 Å². The Balaban J connectivity index is 2.32. The van der Waals surface area contributed by atoms with Crippen molar-refractivity contribution < 1.29 is 9.52 Å². The highest BCUT2D eigenvalue weighted by molar-refractivity contribution is 5.28. The van der Waals surface area contributed by atoms with Gasteiger partial charge in [0.2, 0.25) is 0 Å². The van der Waals surface area contributed by atoms with Crippen LogP contribution in [0.3, 0.4) is 0 Å². The van der Waals surface area contributed by atoms with Crippen molar-refractivity contribution in [1.82, 2.24) is 4.98 Å². The lowest BCUT2D eigenvalue weighted by atomic mass is 10.0. The predicted molar refractivity (Wildman–Crippen MR) is 56.5 cm³/mol. The van der Waals surface area contributed by atoms with Crippen LogP contribution in [0.5, 0.6) is 0 Å². The van der Waals surface area contributed by atoms with Crippen LogP contribution in [0.1, 0.15) is 28.6 Å². The van der Waals surface area contributed by atoms with E-state index >= 15 is 0 Å². The van der Waals surface area contributed by atoms with Gasteiger partial charge in [-0.2, -0.15) is 0 Å². The lowest BCUT2D eigenvalue weighted by Gasteiger charge is -2.08. The van der Waals surface area contributed by atoms with Crippen LogP contribution in [0.25, 0.3) is 0 Å². The molecule has 1 N–H and O–H groups in total. The molecule has 2 rings (SSSR count). The maximum absolute atomic E-state index is 10.0. The van der Waals surface area contributed by atoms with E-state index in [0.29, 0.717) is 0 Å². The van der Waals surface area contributed by atoms with Gasteiger partial charge in [-0.25, -0.2) is 0 Å². The van der Waals surface area contributed by atoms with Gasteiger partial charge in [-0.1, -0.05) is 6.07 Å². The summed E-state index contributed by atoms with van der Waals surface area (Å²) in [6.07, 6.45) is 4.34. The summed E-state index contributed by atoms with van der Waals surface area (Å²) in [6, 6.07) is 3.74. The smallest absolute Gasteiger partial charge is 0.109 e. The van der Waals surface area contributed by atoms with E-state index in [1.54, 1.807) is 18.7 Å². The molecule has 0 aromatic carbocycles. The first-order valence-corrected chi connectivity index (χ1v) is 4.81. The monoisotopic (exact) mass is 203 g/mol. The van der Waals surface area contributed by atoms with Crippen LogP contribution in [0.15, 0.2) is 35.2 Å². The normalized spacial score (nSPS) is 12.7. The molecule has 1 unspecified atom stereocenters. The van der Waals surface area contributed by atoms with Crippen LogP contribution in [0, 0.1) is 13.8 Å².